The topological polar surface area (TPSA) is 65.7 Å². The highest BCUT2D eigenvalue weighted by Crippen LogP contribution is 2.19. The maximum absolute atomic E-state index is 12.1. The van der Waals surface area contributed by atoms with Crippen LogP contribution in [0.4, 0.5) is 0 Å². The summed E-state index contributed by atoms with van der Waals surface area (Å²) >= 11 is 0. The Kier molecular flexibility index (Phi) is 5.10. The minimum atomic E-state index is -0.748. The highest BCUT2D eigenvalue weighted by molar-refractivity contribution is 5.78. The number of nitrogens with one attached hydrogen (secondary N) is 1. The Bertz CT molecular complexity index is 608. The number of aliphatic hydroxyl groups excluding tert-OH is 1. The Morgan fingerprint density at radius 2 is 2.04 bits per heavy atom. The van der Waals surface area contributed by atoms with Crippen molar-refractivity contribution < 1.29 is 14.3 Å². The molecule has 1 heterocycles. The van der Waals surface area contributed by atoms with Crippen molar-refractivity contribution in [3.8, 4) is 0 Å². The van der Waals surface area contributed by atoms with Crippen molar-refractivity contribution in [1.29, 1.82) is 0 Å². The molecule has 0 radical (unpaired) electrons. The first kappa shape index (κ1) is 15.8. The van der Waals surface area contributed by atoms with Crippen molar-refractivity contribution in [2.75, 3.05) is 13.1 Å². The van der Waals surface area contributed by atoms with Gasteiger partial charge in [0.1, 0.15) is 11.9 Å². The maximum atomic E-state index is 12.1. The van der Waals surface area contributed by atoms with Crippen LogP contribution in [0.2, 0.25) is 0 Å². The van der Waals surface area contributed by atoms with Crippen LogP contribution in [-0.2, 0) is 11.3 Å². The predicted octanol–water partition coefficient (Wildman–Crippen LogP) is 2.09. The lowest BCUT2D eigenvalue weighted by Crippen LogP contribution is -2.39. The summed E-state index contributed by atoms with van der Waals surface area (Å²) < 4.78 is 5.25. The lowest BCUT2D eigenvalue weighted by molar-refractivity contribution is -0.122. The van der Waals surface area contributed by atoms with Gasteiger partial charge in [0.15, 0.2) is 0 Å². The van der Waals surface area contributed by atoms with E-state index in [0.29, 0.717) is 24.9 Å². The summed E-state index contributed by atoms with van der Waals surface area (Å²) in [5.74, 6) is 0.528. The zero-order valence-corrected chi connectivity index (χ0v) is 13.0. The Labute approximate surface area is 135 Å². The number of hydrogen-bond donors (Lipinski definition) is 2. The van der Waals surface area contributed by atoms with E-state index in [2.05, 4.69) is 5.32 Å². The van der Waals surface area contributed by atoms with E-state index in [0.717, 1.165) is 18.4 Å². The predicted molar refractivity (Wildman–Crippen MR) is 86.6 cm³/mol. The molecule has 5 heteroatoms. The highest BCUT2D eigenvalue weighted by Gasteiger charge is 2.25. The van der Waals surface area contributed by atoms with E-state index in [4.69, 9.17) is 4.42 Å². The number of benzene rings is 1. The Balaban J connectivity index is 1.63. The molecule has 1 aliphatic carbocycles. The third kappa shape index (κ3) is 4.94. The van der Waals surface area contributed by atoms with Gasteiger partial charge in [-0.3, -0.25) is 9.69 Å². The first-order valence-corrected chi connectivity index (χ1v) is 7.98. The minimum absolute atomic E-state index is 0.00933. The molecule has 3 rings (SSSR count). The summed E-state index contributed by atoms with van der Waals surface area (Å²) in [5.41, 5.74) is 1.11. The monoisotopic (exact) mass is 314 g/mol. The van der Waals surface area contributed by atoms with E-state index in [9.17, 15) is 9.90 Å². The summed E-state index contributed by atoms with van der Waals surface area (Å²) in [6.07, 6.45) is 2.93. The molecule has 1 fully saturated rings. The van der Waals surface area contributed by atoms with Crippen molar-refractivity contribution in [1.82, 2.24) is 10.2 Å². The first-order chi connectivity index (χ1) is 11.2. The van der Waals surface area contributed by atoms with Crippen molar-refractivity contribution in [2.45, 2.75) is 31.5 Å². The number of rotatable bonds is 8. The van der Waals surface area contributed by atoms with Crippen LogP contribution in [0, 0.1) is 0 Å². The number of carbonyl (C=O) groups excluding carboxylic acids is 1. The molecule has 23 heavy (non-hydrogen) atoms. The molecule has 0 saturated heterocycles. The highest BCUT2D eigenvalue weighted by atomic mass is 16.4. The second kappa shape index (κ2) is 7.44. The molecule has 0 spiro atoms. The van der Waals surface area contributed by atoms with Gasteiger partial charge in [-0.2, -0.15) is 0 Å². The van der Waals surface area contributed by atoms with E-state index in [1.807, 2.05) is 35.2 Å². The molecule has 122 valence electrons. The standard InChI is InChI=1S/C18H22N2O3/c21-16(17-7-4-10-23-17)12-20(11-14-5-2-1-3-6-14)13-18(22)19-15-8-9-15/h1-7,10,15-16,21H,8-9,11-13H2,(H,19,22). The van der Waals surface area contributed by atoms with Gasteiger partial charge in [-0.15, -0.1) is 0 Å². The van der Waals surface area contributed by atoms with Crippen LogP contribution in [-0.4, -0.2) is 35.0 Å². The summed E-state index contributed by atoms with van der Waals surface area (Å²) in [6, 6.07) is 13.8. The van der Waals surface area contributed by atoms with Crippen LogP contribution in [0.25, 0.3) is 0 Å². The number of hydrogen-bond acceptors (Lipinski definition) is 4. The van der Waals surface area contributed by atoms with E-state index in [-0.39, 0.29) is 12.5 Å². The molecule has 1 atom stereocenters. The zero-order valence-electron chi connectivity index (χ0n) is 13.0. The van der Waals surface area contributed by atoms with Gasteiger partial charge in [-0.25, -0.2) is 0 Å². The fourth-order valence-electron chi connectivity index (χ4n) is 2.55. The second-order valence-electron chi connectivity index (χ2n) is 6.03. The average Bonchev–Trinajstić information content (AvgIpc) is 3.17. The molecule has 1 amide bonds. The largest absolute Gasteiger partial charge is 0.467 e. The Morgan fingerprint density at radius 3 is 2.70 bits per heavy atom. The van der Waals surface area contributed by atoms with E-state index >= 15 is 0 Å². The average molecular weight is 314 g/mol. The number of amides is 1. The molecule has 0 aliphatic heterocycles. The van der Waals surface area contributed by atoms with Gasteiger partial charge in [0.05, 0.1) is 12.8 Å². The van der Waals surface area contributed by atoms with Gasteiger partial charge in [0, 0.05) is 19.1 Å². The van der Waals surface area contributed by atoms with Crippen LogP contribution in [0.3, 0.4) is 0 Å². The van der Waals surface area contributed by atoms with Crippen LogP contribution in [0.5, 0.6) is 0 Å². The maximum Gasteiger partial charge on any atom is 0.234 e. The van der Waals surface area contributed by atoms with Crippen LogP contribution < -0.4 is 5.32 Å². The quantitative estimate of drug-likeness (QED) is 0.783. The molecule has 1 aromatic carbocycles. The first-order valence-electron chi connectivity index (χ1n) is 7.98. The van der Waals surface area contributed by atoms with Crippen molar-refractivity contribution in [2.24, 2.45) is 0 Å². The smallest absolute Gasteiger partial charge is 0.234 e. The summed E-state index contributed by atoms with van der Waals surface area (Å²) in [4.78, 5) is 14.0. The van der Waals surface area contributed by atoms with Crippen molar-refractivity contribution >= 4 is 5.91 Å². The number of nitrogens with zero attached hydrogens (tertiary/aromatic N) is 1. The van der Waals surface area contributed by atoms with Gasteiger partial charge < -0.3 is 14.8 Å². The minimum Gasteiger partial charge on any atom is -0.467 e. The summed E-state index contributed by atoms with van der Waals surface area (Å²) in [5, 5.41) is 13.3. The summed E-state index contributed by atoms with van der Waals surface area (Å²) in [6.45, 7) is 1.22. The lowest BCUT2D eigenvalue weighted by Gasteiger charge is -2.24. The van der Waals surface area contributed by atoms with Gasteiger partial charge in [0.25, 0.3) is 0 Å². The fourth-order valence-corrected chi connectivity index (χ4v) is 2.55. The number of aliphatic hydroxyl groups is 1. The molecule has 5 nitrogen and oxygen atoms in total. The van der Waals surface area contributed by atoms with E-state index in [1.165, 1.54) is 0 Å². The van der Waals surface area contributed by atoms with Crippen LogP contribution in [0.15, 0.2) is 53.1 Å². The molecular weight excluding hydrogens is 292 g/mol. The van der Waals surface area contributed by atoms with Crippen LogP contribution in [0.1, 0.15) is 30.3 Å². The molecule has 2 aromatic rings. The van der Waals surface area contributed by atoms with Gasteiger partial charge in [0.2, 0.25) is 5.91 Å². The van der Waals surface area contributed by atoms with Gasteiger partial charge in [-0.1, -0.05) is 30.3 Å². The number of carbonyl (C=O) groups is 1. The lowest BCUT2D eigenvalue weighted by atomic mass is 10.2. The van der Waals surface area contributed by atoms with E-state index < -0.39 is 6.10 Å². The molecule has 1 aliphatic rings. The van der Waals surface area contributed by atoms with Crippen molar-refractivity contribution in [3.05, 3.63) is 60.1 Å². The molecule has 1 unspecified atom stereocenters. The third-order valence-electron chi connectivity index (χ3n) is 3.86. The molecular formula is C18H22N2O3. The third-order valence-corrected chi connectivity index (χ3v) is 3.86. The molecule has 1 aromatic heterocycles. The Hall–Kier alpha value is -2.11. The Morgan fingerprint density at radius 1 is 1.26 bits per heavy atom. The molecule has 2 N–H and O–H groups in total. The SMILES string of the molecule is O=C(CN(Cc1ccccc1)CC(O)c1ccco1)NC1CC1. The molecule has 0 bridgehead atoms. The van der Waals surface area contributed by atoms with Crippen LogP contribution >= 0.6 is 0 Å². The van der Waals surface area contributed by atoms with Gasteiger partial charge >= 0.3 is 0 Å². The van der Waals surface area contributed by atoms with E-state index in [1.54, 1.807) is 18.4 Å². The second-order valence-corrected chi connectivity index (χ2v) is 6.03. The number of furan rings is 1. The van der Waals surface area contributed by atoms with Gasteiger partial charge in [-0.05, 0) is 30.5 Å². The zero-order chi connectivity index (χ0) is 16.1. The molecule has 1 saturated carbocycles. The fraction of sp³-hybridized carbons (Fsp3) is 0.389. The van der Waals surface area contributed by atoms with Crippen molar-refractivity contribution in [3.63, 3.8) is 0 Å². The normalized spacial score (nSPS) is 15.6. The summed E-state index contributed by atoms with van der Waals surface area (Å²) in [7, 11) is 0.